The summed E-state index contributed by atoms with van der Waals surface area (Å²) in [5.41, 5.74) is 4.46. The molecule has 1 amide bonds. The highest BCUT2D eigenvalue weighted by atomic mass is 16.5. The number of hydrogen-bond donors (Lipinski definition) is 2. The molecule has 0 aromatic heterocycles. The van der Waals surface area contributed by atoms with Crippen molar-refractivity contribution in [2.75, 3.05) is 45.2 Å². The second-order valence-electron chi connectivity index (χ2n) is 7.70. The van der Waals surface area contributed by atoms with Crippen LogP contribution in [0.3, 0.4) is 0 Å². The second kappa shape index (κ2) is 10.8. The number of amides is 1. The monoisotopic (exact) mass is 424 g/mol. The molecule has 0 saturated carbocycles. The van der Waals surface area contributed by atoms with Gasteiger partial charge < -0.3 is 25.0 Å². The number of ether oxygens (including phenoxy) is 2. The van der Waals surface area contributed by atoms with Gasteiger partial charge in [0.05, 0.1) is 19.7 Å². The third-order valence-corrected chi connectivity index (χ3v) is 5.16. The van der Waals surface area contributed by atoms with Crippen molar-refractivity contribution in [3.8, 4) is 5.75 Å². The molecule has 0 radical (unpaired) electrons. The van der Waals surface area contributed by atoms with Gasteiger partial charge in [0.1, 0.15) is 18.5 Å². The van der Waals surface area contributed by atoms with E-state index in [0.29, 0.717) is 25.5 Å². The fourth-order valence-electron chi connectivity index (χ4n) is 3.75. The number of guanidine groups is 1. The molecule has 0 bridgehead atoms. The molecule has 1 heterocycles. The van der Waals surface area contributed by atoms with Crippen molar-refractivity contribution in [3.05, 3.63) is 59.2 Å². The lowest BCUT2D eigenvalue weighted by Crippen LogP contribution is -2.49. The van der Waals surface area contributed by atoms with E-state index in [9.17, 15) is 4.79 Å². The number of carbonyl (C=O) groups excluding carboxylic acids is 1. The highest BCUT2D eigenvalue weighted by molar-refractivity contribution is 5.88. The van der Waals surface area contributed by atoms with Crippen molar-refractivity contribution < 1.29 is 14.3 Å². The van der Waals surface area contributed by atoms with Crippen LogP contribution in [0, 0.1) is 13.8 Å². The predicted molar refractivity (Wildman–Crippen MR) is 124 cm³/mol. The molecule has 0 aliphatic carbocycles. The number of anilines is 1. The highest BCUT2D eigenvalue weighted by Crippen LogP contribution is 2.26. The maximum absolute atomic E-state index is 11.2. The Morgan fingerprint density at radius 1 is 1.26 bits per heavy atom. The van der Waals surface area contributed by atoms with Gasteiger partial charge in [-0.3, -0.25) is 9.79 Å². The molecular formula is C24H32N4O3. The van der Waals surface area contributed by atoms with Crippen molar-refractivity contribution in [3.63, 3.8) is 0 Å². The molecule has 7 heteroatoms. The molecule has 166 valence electrons. The van der Waals surface area contributed by atoms with E-state index < -0.39 is 0 Å². The van der Waals surface area contributed by atoms with Crippen molar-refractivity contribution in [1.29, 1.82) is 0 Å². The first-order valence-electron chi connectivity index (χ1n) is 10.6. The van der Waals surface area contributed by atoms with Gasteiger partial charge in [-0.05, 0) is 37.1 Å². The van der Waals surface area contributed by atoms with E-state index in [0.717, 1.165) is 24.7 Å². The van der Waals surface area contributed by atoms with Gasteiger partial charge in [-0.2, -0.15) is 0 Å². The van der Waals surface area contributed by atoms with E-state index in [1.54, 1.807) is 7.05 Å². The minimum absolute atomic E-state index is 0.0284. The van der Waals surface area contributed by atoms with Gasteiger partial charge in [0.25, 0.3) is 0 Å². The standard InChI is InChI=1S/C24H32N4O3/c1-17-8-9-22(18(2)14-17)23-16-28(11-13-31-23)24(25-4)26-10-12-30-21-7-5-6-20(15-21)27-19(3)29/h5-9,14-15,23H,10-13,16H2,1-4H3,(H,25,26)(H,27,29). The highest BCUT2D eigenvalue weighted by Gasteiger charge is 2.25. The van der Waals surface area contributed by atoms with Crippen LogP contribution in [0.5, 0.6) is 5.75 Å². The zero-order valence-corrected chi connectivity index (χ0v) is 18.8. The van der Waals surface area contributed by atoms with E-state index in [2.05, 4.69) is 52.6 Å². The Morgan fingerprint density at radius 3 is 2.84 bits per heavy atom. The van der Waals surface area contributed by atoms with Gasteiger partial charge in [0.2, 0.25) is 5.91 Å². The molecule has 1 atom stereocenters. The first kappa shape index (κ1) is 22.6. The Hall–Kier alpha value is -3.06. The summed E-state index contributed by atoms with van der Waals surface area (Å²) in [6.07, 6.45) is 0.0284. The van der Waals surface area contributed by atoms with Crippen LogP contribution in [0.1, 0.15) is 29.7 Å². The zero-order valence-electron chi connectivity index (χ0n) is 18.8. The van der Waals surface area contributed by atoms with Crippen molar-refractivity contribution >= 4 is 17.6 Å². The molecular weight excluding hydrogens is 392 g/mol. The zero-order chi connectivity index (χ0) is 22.2. The molecule has 1 unspecified atom stereocenters. The van der Waals surface area contributed by atoms with Crippen LogP contribution in [-0.2, 0) is 9.53 Å². The third-order valence-electron chi connectivity index (χ3n) is 5.16. The smallest absolute Gasteiger partial charge is 0.221 e. The predicted octanol–water partition coefficient (Wildman–Crippen LogP) is 3.29. The first-order chi connectivity index (χ1) is 15.0. The largest absolute Gasteiger partial charge is 0.492 e. The average molecular weight is 425 g/mol. The number of hydrogen-bond acceptors (Lipinski definition) is 4. The van der Waals surface area contributed by atoms with Crippen LogP contribution in [0.15, 0.2) is 47.5 Å². The van der Waals surface area contributed by atoms with Gasteiger partial charge in [-0.25, -0.2) is 0 Å². The number of nitrogens with zero attached hydrogens (tertiary/aromatic N) is 2. The summed E-state index contributed by atoms with van der Waals surface area (Å²) < 4.78 is 11.9. The number of aryl methyl sites for hydroxylation is 2. The third kappa shape index (κ3) is 6.46. The maximum Gasteiger partial charge on any atom is 0.221 e. The van der Waals surface area contributed by atoms with Crippen LogP contribution in [0.25, 0.3) is 0 Å². The van der Waals surface area contributed by atoms with Crippen LogP contribution >= 0.6 is 0 Å². The lowest BCUT2D eigenvalue weighted by Gasteiger charge is -2.35. The first-order valence-corrected chi connectivity index (χ1v) is 10.6. The van der Waals surface area contributed by atoms with Crippen LogP contribution in [0.4, 0.5) is 5.69 Å². The number of aliphatic imine (C=N–C) groups is 1. The molecule has 1 aliphatic rings. The Labute approximate surface area is 184 Å². The van der Waals surface area contributed by atoms with Gasteiger partial charge in [-0.1, -0.05) is 29.8 Å². The average Bonchev–Trinajstić information content (AvgIpc) is 2.74. The van der Waals surface area contributed by atoms with Gasteiger partial charge in [0, 0.05) is 32.3 Å². The summed E-state index contributed by atoms with van der Waals surface area (Å²) in [6.45, 7) is 9.02. The van der Waals surface area contributed by atoms with Gasteiger partial charge >= 0.3 is 0 Å². The lowest BCUT2D eigenvalue weighted by atomic mass is 10.00. The van der Waals surface area contributed by atoms with Gasteiger partial charge in [0.15, 0.2) is 5.96 Å². The van der Waals surface area contributed by atoms with Crippen molar-refractivity contribution in [2.45, 2.75) is 26.9 Å². The van der Waals surface area contributed by atoms with E-state index in [1.807, 2.05) is 24.3 Å². The van der Waals surface area contributed by atoms with Crippen LogP contribution in [0.2, 0.25) is 0 Å². The fourth-order valence-corrected chi connectivity index (χ4v) is 3.75. The second-order valence-corrected chi connectivity index (χ2v) is 7.70. The number of nitrogens with one attached hydrogen (secondary N) is 2. The summed E-state index contributed by atoms with van der Waals surface area (Å²) >= 11 is 0. The van der Waals surface area contributed by atoms with Crippen LogP contribution < -0.4 is 15.4 Å². The van der Waals surface area contributed by atoms with E-state index in [1.165, 1.54) is 23.6 Å². The topological polar surface area (TPSA) is 75.2 Å². The Balaban J connectivity index is 1.51. The fraction of sp³-hybridized carbons (Fsp3) is 0.417. The normalized spacial score (nSPS) is 16.7. The van der Waals surface area contributed by atoms with Crippen LogP contribution in [-0.4, -0.2) is 56.7 Å². The molecule has 31 heavy (non-hydrogen) atoms. The number of carbonyl (C=O) groups is 1. The number of morpholine rings is 1. The molecule has 2 aromatic rings. The number of benzene rings is 2. The summed E-state index contributed by atoms with van der Waals surface area (Å²) in [6, 6.07) is 13.9. The summed E-state index contributed by atoms with van der Waals surface area (Å²) in [4.78, 5) is 17.9. The van der Waals surface area contributed by atoms with Gasteiger partial charge in [-0.15, -0.1) is 0 Å². The Bertz CT molecular complexity index is 929. The summed E-state index contributed by atoms with van der Waals surface area (Å²) in [7, 11) is 1.79. The summed E-state index contributed by atoms with van der Waals surface area (Å²) in [5.74, 6) is 1.45. The van der Waals surface area contributed by atoms with Crippen molar-refractivity contribution in [1.82, 2.24) is 10.2 Å². The minimum Gasteiger partial charge on any atom is -0.492 e. The molecule has 2 N–H and O–H groups in total. The van der Waals surface area contributed by atoms with Crippen molar-refractivity contribution in [2.24, 2.45) is 4.99 Å². The summed E-state index contributed by atoms with van der Waals surface area (Å²) in [5, 5.41) is 6.14. The molecule has 1 saturated heterocycles. The lowest BCUT2D eigenvalue weighted by molar-refractivity contribution is -0.114. The molecule has 3 rings (SSSR count). The molecule has 2 aromatic carbocycles. The van der Waals surface area contributed by atoms with E-state index in [4.69, 9.17) is 9.47 Å². The molecule has 1 fully saturated rings. The molecule has 7 nitrogen and oxygen atoms in total. The number of rotatable bonds is 6. The molecule has 0 spiro atoms. The SMILES string of the molecule is CN=C(NCCOc1cccc(NC(C)=O)c1)N1CCOC(c2ccc(C)cc2C)C1. The quantitative estimate of drug-likeness (QED) is 0.423. The van der Waals surface area contributed by atoms with E-state index >= 15 is 0 Å². The Kier molecular flexibility index (Phi) is 7.89. The minimum atomic E-state index is -0.104. The molecule has 1 aliphatic heterocycles. The van der Waals surface area contributed by atoms with E-state index in [-0.39, 0.29) is 12.0 Å². The maximum atomic E-state index is 11.2. The Morgan fingerprint density at radius 2 is 2.10 bits per heavy atom.